The number of nitrogens with one attached hydrogen (secondary N) is 2. The molecule has 13 heteroatoms. The van der Waals surface area contributed by atoms with Crippen molar-refractivity contribution in [1.29, 1.82) is 0 Å². The van der Waals surface area contributed by atoms with Crippen molar-refractivity contribution < 1.29 is 18.5 Å². The molecular weight excluding hydrogens is 592 g/mol. The third kappa shape index (κ3) is 6.07. The van der Waals surface area contributed by atoms with Crippen molar-refractivity contribution in [3.63, 3.8) is 0 Å². The van der Waals surface area contributed by atoms with Crippen molar-refractivity contribution in [3.05, 3.63) is 59.8 Å². The fourth-order valence-electron chi connectivity index (χ4n) is 6.09. The summed E-state index contributed by atoms with van der Waals surface area (Å²) in [5.41, 5.74) is 2.78. The van der Waals surface area contributed by atoms with Crippen LogP contribution in [0.3, 0.4) is 0 Å². The van der Waals surface area contributed by atoms with Crippen molar-refractivity contribution in [2.45, 2.75) is 36.7 Å². The van der Waals surface area contributed by atoms with Crippen LogP contribution >= 0.6 is 0 Å². The van der Waals surface area contributed by atoms with E-state index in [1.54, 1.807) is 43.5 Å². The van der Waals surface area contributed by atoms with E-state index in [0.717, 1.165) is 31.5 Å². The number of carbonyl (C=O) groups is 2. The number of nitrogens with zero attached hydrogens (tertiary/aromatic N) is 6. The van der Waals surface area contributed by atoms with Gasteiger partial charge in [0.15, 0.2) is 5.82 Å². The quantitative estimate of drug-likeness (QED) is 0.379. The first-order valence-corrected chi connectivity index (χ1v) is 16.8. The molecule has 6 rings (SSSR count). The molecule has 1 aromatic heterocycles. The first-order valence-electron chi connectivity index (χ1n) is 15.1. The van der Waals surface area contributed by atoms with E-state index >= 15 is 0 Å². The number of aryl methyl sites for hydroxylation is 1. The van der Waals surface area contributed by atoms with Gasteiger partial charge < -0.3 is 30.1 Å². The van der Waals surface area contributed by atoms with E-state index in [0.29, 0.717) is 52.4 Å². The van der Waals surface area contributed by atoms with Gasteiger partial charge in [-0.15, -0.1) is 0 Å². The summed E-state index contributed by atoms with van der Waals surface area (Å²) in [4.78, 5) is 42.2. The Morgan fingerprint density at radius 2 is 1.80 bits per heavy atom. The minimum atomic E-state index is -2.78. The molecule has 0 bridgehead atoms. The molecule has 238 valence electrons. The Kier molecular flexibility index (Phi) is 8.42. The second-order valence-electron chi connectivity index (χ2n) is 11.9. The van der Waals surface area contributed by atoms with Crippen LogP contribution < -0.4 is 25.2 Å². The van der Waals surface area contributed by atoms with E-state index in [9.17, 15) is 13.8 Å². The Bertz CT molecular complexity index is 1710. The Labute approximate surface area is 264 Å². The van der Waals surface area contributed by atoms with E-state index in [4.69, 9.17) is 9.72 Å². The van der Waals surface area contributed by atoms with Crippen LogP contribution in [0.1, 0.15) is 28.8 Å². The molecule has 1 unspecified atom stereocenters. The number of carbonyl (C=O) groups excluding carboxylic acids is 2. The van der Waals surface area contributed by atoms with Gasteiger partial charge in [-0.25, -0.2) is 13.5 Å². The summed E-state index contributed by atoms with van der Waals surface area (Å²) < 4.78 is 21.3. The molecule has 2 aromatic carbocycles. The molecule has 2 amide bonds. The molecule has 2 saturated heterocycles. The smallest absolute Gasteiger partial charge is 0.251 e. The maximum absolute atomic E-state index is 13.9. The molecular formula is C32H40N8O4S. The number of fused-ring (bicyclic) bond motifs is 3. The van der Waals surface area contributed by atoms with Crippen LogP contribution in [0, 0.1) is 6.92 Å². The van der Waals surface area contributed by atoms with Crippen molar-refractivity contribution in [1.82, 2.24) is 24.5 Å². The minimum absolute atomic E-state index is 0.119. The number of aromatic nitrogens is 2. The molecule has 0 aliphatic carbocycles. The molecule has 3 aliphatic heterocycles. The fraction of sp³-hybridized carbons (Fsp3) is 0.406. The molecule has 4 heterocycles. The number of rotatable bonds is 7. The lowest BCUT2D eigenvalue weighted by Gasteiger charge is -2.46. The number of ether oxygens (including phenoxy) is 1. The van der Waals surface area contributed by atoms with Crippen LogP contribution in [0.2, 0.25) is 0 Å². The monoisotopic (exact) mass is 632 g/mol. The Balaban J connectivity index is 1.20. The lowest BCUT2D eigenvalue weighted by atomic mass is 10.0. The second kappa shape index (κ2) is 12.3. The van der Waals surface area contributed by atoms with Crippen LogP contribution in [0.25, 0.3) is 0 Å². The Morgan fingerprint density at radius 3 is 2.51 bits per heavy atom. The topological polar surface area (TPSA) is 123 Å². The highest BCUT2D eigenvalue weighted by Gasteiger charge is 2.43. The van der Waals surface area contributed by atoms with Gasteiger partial charge in [-0.05, 0) is 76.1 Å². The molecule has 3 aromatic rings. The number of piperazine rings is 1. The average Bonchev–Trinajstić information content (AvgIpc) is 3.04. The van der Waals surface area contributed by atoms with Crippen molar-refractivity contribution in [2.24, 2.45) is 0 Å². The molecule has 0 saturated carbocycles. The van der Waals surface area contributed by atoms with E-state index in [1.165, 1.54) is 0 Å². The maximum Gasteiger partial charge on any atom is 0.251 e. The fourth-order valence-corrected chi connectivity index (χ4v) is 7.70. The van der Waals surface area contributed by atoms with Gasteiger partial charge in [-0.1, -0.05) is 17.7 Å². The highest BCUT2D eigenvalue weighted by atomic mass is 32.2. The summed E-state index contributed by atoms with van der Waals surface area (Å²) in [6, 6.07) is 12.3. The molecule has 3 aliphatic rings. The number of likely N-dealkylation sites (N-methyl/N-ethyl adjacent to an activating group) is 1. The van der Waals surface area contributed by atoms with E-state index in [1.807, 2.05) is 40.4 Å². The molecule has 2 fully saturated rings. The number of piperidine rings is 1. The first kappa shape index (κ1) is 30.8. The lowest BCUT2D eigenvalue weighted by molar-refractivity contribution is -0.120. The normalized spacial score (nSPS) is 20.6. The third-order valence-corrected chi connectivity index (χ3v) is 11.1. The first-order chi connectivity index (χ1) is 21.5. The molecule has 2 N–H and O–H groups in total. The maximum atomic E-state index is 13.9. The molecule has 12 nitrogen and oxygen atoms in total. The molecule has 45 heavy (non-hydrogen) atoms. The standard InChI is InChI=1S/C32H40N8O4S/c1-21-6-9-24(10-7-21)45(5,43)39-16-17-40-27(20-39)31(42)38(3)26-19-33-32(36-29(26)40)35-25-11-8-22(18-28(25)44-4)30(41)34-23-12-14-37(2)15-13-23/h6-11,18-19,23,27H,5,12-17,20H2,1-4H3,(H,34,41)(H,33,35,36)/t27-,45?/m1/s1. The Morgan fingerprint density at radius 1 is 1.07 bits per heavy atom. The predicted octanol–water partition coefficient (Wildman–Crippen LogP) is 2.52. The Hall–Kier alpha value is -4.20. The molecule has 2 atom stereocenters. The zero-order valence-corrected chi connectivity index (χ0v) is 27.0. The van der Waals surface area contributed by atoms with Gasteiger partial charge in [0, 0.05) is 43.2 Å². The summed E-state index contributed by atoms with van der Waals surface area (Å²) in [7, 11) is 2.56. The van der Waals surface area contributed by atoms with Crippen LogP contribution in [0.15, 0.2) is 53.6 Å². The number of hydrogen-bond acceptors (Lipinski definition) is 9. The second-order valence-corrected chi connectivity index (χ2v) is 14.2. The van der Waals surface area contributed by atoms with E-state index in [2.05, 4.69) is 33.4 Å². The average molecular weight is 633 g/mol. The van der Waals surface area contributed by atoms with E-state index in [-0.39, 0.29) is 24.4 Å². The zero-order chi connectivity index (χ0) is 31.9. The molecule has 0 radical (unpaired) electrons. The third-order valence-electron chi connectivity index (χ3n) is 8.91. The number of likely N-dealkylation sites (tertiary alicyclic amines) is 1. The van der Waals surface area contributed by atoms with Gasteiger partial charge >= 0.3 is 0 Å². The number of hydrogen-bond donors (Lipinski definition) is 2. The summed E-state index contributed by atoms with van der Waals surface area (Å²) in [5, 5.41) is 6.36. The van der Waals surface area contributed by atoms with Gasteiger partial charge in [0.1, 0.15) is 17.5 Å². The summed E-state index contributed by atoms with van der Waals surface area (Å²) >= 11 is 0. The van der Waals surface area contributed by atoms with Gasteiger partial charge in [-0.3, -0.25) is 9.59 Å². The zero-order valence-electron chi connectivity index (χ0n) is 26.2. The van der Waals surface area contributed by atoms with E-state index < -0.39 is 15.7 Å². The van der Waals surface area contributed by atoms with Crippen LogP contribution in [-0.2, 0) is 14.5 Å². The van der Waals surface area contributed by atoms with Gasteiger partial charge in [0.2, 0.25) is 5.95 Å². The predicted molar refractivity (Wildman–Crippen MR) is 177 cm³/mol. The number of benzene rings is 2. The highest BCUT2D eigenvalue weighted by molar-refractivity contribution is 7.98. The summed E-state index contributed by atoms with van der Waals surface area (Å²) in [6.45, 7) is 5.04. The van der Waals surface area contributed by atoms with Gasteiger partial charge in [-0.2, -0.15) is 4.98 Å². The number of methoxy groups -OCH3 is 1. The lowest BCUT2D eigenvalue weighted by Crippen LogP contribution is -2.63. The summed E-state index contributed by atoms with van der Waals surface area (Å²) in [6.07, 6.45) is 3.47. The summed E-state index contributed by atoms with van der Waals surface area (Å²) in [5.74, 6) is 5.24. The highest BCUT2D eigenvalue weighted by Crippen LogP contribution is 2.37. The van der Waals surface area contributed by atoms with Crippen molar-refractivity contribution in [3.8, 4) is 5.75 Å². The van der Waals surface area contributed by atoms with Crippen LogP contribution in [0.4, 0.5) is 23.1 Å². The number of amides is 2. The SMILES string of the molecule is C=S(=O)(c1ccc(C)cc1)N1CCN2c3nc(Nc4ccc(C(=O)NC5CCN(C)CC5)cc4OC)ncc3N(C)C(=O)[C@H]2C1. The van der Waals surface area contributed by atoms with Crippen LogP contribution in [0.5, 0.6) is 5.75 Å². The van der Waals surface area contributed by atoms with Gasteiger partial charge in [0.05, 0.1) is 28.7 Å². The van der Waals surface area contributed by atoms with Gasteiger partial charge in [0.25, 0.3) is 11.8 Å². The van der Waals surface area contributed by atoms with Crippen LogP contribution in [-0.4, -0.2) is 107 Å². The number of anilines is 4. The van der Waals surface area contributed by atoms with Crippen molar-refractivity contribution in [2.75, 3.05) is 69.0 Å². The van der Waals surface area contributed by atoms with Crippen molar-refractivity contribution >= 4 is 50.5 Å². The molecule has 0 spiro atoms. The largest absolute Gasteiger partial charge is 0.495 e. The minimum Gasteiger partial charge on any atom is -0.495 e.